The SMILES string of the molecule is CNCC(C)N1CCC(C)=C(C)C1. The molecule has 0 saturated heterocycles. The highest BCUT2D eigenvalue weighted by Gasteiger charge is 2.17. The van der Waals surface area contributed by atoms with Crippen molar-refractivity contribution < 1.29 is 0 Å². The lowest BCUT2D eigenvalue weighted by Crippen LogP contribution is -2.42. The first-order valence-electron chi connectivity index (χ1n) is 5.19. The van der Waals surface area contributed by atoms with Crippen molar-refractivity contribution in [2.75, 3.05) is 26.7 Å². The first-order chi connectivity index (χ1) is 6.15. The van der Waals surface area contributed by atoms with Gasteiger partial charge < -0.3 is 5.32 Å². The quantitative estimate of drug-likeness (QED) is 0.667. The second-order valence-corrected chi connectivity index (χ2v) is 4.19. The molecule has 0 aromatic rings. The topological polar surface area (TPSA) is 15.3 Å². The molecule has 1 aliphatic rings. The molecule has 0 aliphatic carbocycles. The van der Waals surface area contributed by atoms with Gasteiger partial charge in [-0.15, -0.1) is 0 Å². The maximum Gasteiger partial charge on any atom is 0.0196 e. The molecule has 2 heteroatoms. The normalized spacial score (nSPS) is 22.2. The van der Waals surface area contributed by atoms with Gasteiger partial charge in [-0.1, -0.05) is 11.1 Å². The van der Waals surface area contributed by atoms with Crippen molar-refractivity contribution >= 4 is 0 Å². The van der Waals surface area contributed by atoms with Gasteiger partial charge in [0.25, 0.3) is 0 Å². The Morgan fingerprint density at radius 2 is 2.08 bits per heavy atom. The number of hydrogen-bond donors (Lipinski definition) is 1. The van der Waals surface area contributed by atoms with E-state index in [1.54, 1.807) is 11.1 Å². The van der Waals surface area contributed by atoms with Crippen LogP contribution in [0.5, 0.6) is 0 Å². The third kappa shape index (κ3) is 2.82. The van der Waals surface area contributed by atoms with Crippen molar-refractivity contribution in [2.45, 2.75) is 33.2 Å². The van der Waals surface area contributed by atoms with Gasteiger partial charge in [-0.25, -0.2) is 0 Å². The largest absolute Gasteiger partial charge is 0.318 e. The summed E-state index contributed by atoms with van der Waals surface area (Å²) in [4.78, 5) is 2.55. The van der Waals surface area contributed by atoms with Gasteiger partial charge in [0.15, 0.2) is 0 Å². The van der Waals surface area contributed by atoms with Crippen LogP contribution in [0.15, 0.2) is 11.1 Å². The molecule has 2 nitrogen and oxygen atoms in total. The molecule has 0 radical (unpaired) electrons. The van der Waals surface area contributed by atoms with E-state index in [1.165, 1.54) is 13.0 Å². The Bertz CT molecular complexity index is 196. The van der Waals surface area contributed by atoms with Gasteiger partial charge in [-0.3, -0.25) is 4.90 Å². The van der Waals surface area contributed by atoms with Gasteiger partial charge >= 0.3 is 0 Å². The molecule has 0 saturated carbocycles. The summed E-state index contributed by atoms with van der Waals surface area (Å²) in [5.74, 6) is 0. The first kappa shape index (κ1) is 10.7. The van der Waals surface area contributed by atoms with Gasteiger partial charge in [0.1, 0.15) is 0 Å². The van der Waals surface area contributed by atoms with Crippen molar-refractivity contribution in [3.63, 3.8) is 0 Å². The fraction of sp³-hybridized carbons (Fsp3) is 0.818. The van der Waals surface area contributed by atoms with E-state index in [0.29, 0.717) is 6.04 Å². The Balaban J connectivity index is 2.48. The smallest absolute Gasteiger partial charge is 0.0196 e. The minimum atomic E-state index is 0.660. The fourth-order valence-corrected chi connectivity index (χ4v) is 1.84. The molecule has 76 valence electrons. The molecule has 1 aliphatic heterocycles. The Labute approximate surface area is 82.0 Å². The van der Waals surface area contributed by atoms with Gasteiger partial charge in [0.05, 0.1) is 0 Å². The zero-order valence-electron chi connectivity index (χ0n) is 9.35. The molecule has 0 aromatic heterocycles. The van der Waals surface area contributed by atoms with Crippen LogP contribution in [0.2, 0.25) is 0 Å². The standard InChI is InChI=1S/C11H22N2/c1-9-5-6-13(8-10(9)2)11(3)7-12-4/h11-12H,5-8H2,1-4H3. The van der Waals surface area contributed by atoms with E-state index in [-0.39, 0.29) is 0 Å². The third-order valence-electron chi connectivity index (χ3n) is 3.07. The average molecular weight is 182 g/mol. The molecule has 1 heterocycles. The summed E-state index contributed by atoms with van der Waals surface area (Å²) in [5, 5.41) is 3.23. The average Bonchev–Trinajstić information content (AvgIpc) is 2.10. The lowest BCUT2D eigenvalue weighted by molar-refractivity contribution is 0.215. The Morgan fingerprint density at radius 3 is 2.62 bits per heavy atom. The summed E-state index contributed by atoms with van der Waals surface area (Å²) in [6.45, 7) is 10.3. The van der Waals surface area contributed by atoms with Crippen LogP contribution in [0, 0.1) is 0 Å². The van der Waals surface area contributed by atoms with E-state index < -0.39 is 0 Å². The molecule has 0 spiro atoms. The maximum atomic E-state index is 3.23. The highest BCUT2D eigenvalue weighted by atomic mass is 15.2. The van der Waals surface area contributed by atoms with Crippen LogP contribution in [0.1, 0.15) is 27.2 Å². The second kappa shape index (κ2) is 4.77. The van der Waals surface area contributed by atoms with Crippen LogP contribution in [-0.2, 0) is 0 Å². The molecule has 1 N–H and O–H groups in total. The summed E-state index contributed by atoms with van der Waals surface area (Å²) in [6, 6.07) is 0.660. The van der Waals surface area contributed by atoms with Crippen LogP contribution < -0.4 is 5.32 Å². The Morgan fingerprint density at radius 1 is 1.38 bits per heavy atom. The number of hydrogen-bond acceptors (Lipinski definition) is 2. The van der Waals surface area contributed by atoms with E-state index in [0.717, 1.165) is 13.1 Å². The van der Waals surface area contributed by atoms with Gasteiger partial charge in [0, 0.05) is 25.7 Å². The molecule has 1 atom stereocenters. The minimum Gasteiger partial charge on any atom is -0.318 e. The van der Waals surface area contributed by atoms with Crippen LogP contribution >= 0.6 is 0 Å². The monoisotopic (exact) mass is 182 g/mol. The molecule has 0 bridgehead atoms. The minimum absolute atomic E-state index is 0.660. The predicted molar refractivity (Wildman–Crippen MR) is 58.0 cm³/mol. The molecular weight excluding hydrogens is 160 g/mol. The second-order valence-electron chi connectivity index (χ2n) is 4.19. The summed E-state index contributed by atoms with van der Waals surface area (Å²) >= 11 is 0. The molecule has 1 unspecified atom stereocenters. The van der Waals surface area contributed by atoms with Crippen LogP contribution in [0.3, 0.4) is 0 Å². The van der Waals surface area contributed by atoms with E-state index >= 15 is 0 Å². The lowest BCUT2D eigenvalue weighted by Gasteiger charge is -2.33. The fourth-order valence-electron chi connectivity index (χ4n) is 1.84. The van der Waals surface area contributed by atoms with Crippen LogP contribution in [-0.4, -0.2) is 37.6 Å². The molecular formula is C11H22N2. The number of rotatable bonds is 3. The van der Waals surface area contributed by atoms with E-state index in [9.17, 15) is 0 Å². The summed E-state index contributed by atoms with van der Waals surface area (Å²) in [6.07, 6.45) is 1.25. The number of nitrogens with zero attached hydrogens (tertiary/aromatic N) is 1. The molecule has 1 rings (SSSR count). The van der Waals surface area contributed by atoms with E-state index in [1.807, 2.05) is 7.05 Å². The molecule has 0 fully saturated rings. The third-order valence-corrected chi connectivity index (χ3v) is 3.07. The van der Waals surface area contributed by atoms with Crippen molar-refractivity contribution in [3.8, 4) is 0 Å². The first-order valence-corrected chi connectivity index (χ1v) is 5.19. The van der Waals surface area contributed by atoms with Crippen molar-refractivity contribution in [1.82, 2.24) is 10.2 Å². The van der Waals surface area contributed by atoms with Crippen molar-refractivity contribution in [1.29, 1.82) is 0 Å². The van der Waals surface area contributed by atoms with Crippen LogP contribution in [0.4, 0.5) is 0 Å². The van der Waals surface area contributed by atoms with Crippen molar-refractivity contribution in [2.24, 2.45) is 0 Å². The summed E-state index contributed by atoms with van der Waals surface area (Å²) < 4.78 is 0. The highest BCUT2D eigenvalue weighted by Crippen LogP contribution is 2.18. The Hall–Kier alpha value is -0.340. The molecule has 0 aromatic carbocycles. The Kier molecular flexibility index (Phi) is 3.94. The van der Waals surface area contributed by atoms with Gasteiger partial charge in [-0.05, 0) is 34.2 Å². The lowest BCUT2D eigenvalue weighted by atomic mass is 10.0. The maximum absolute atomic E-state index is 3.23. The van der Waals surface area contributed by atoms with Gasteiger partial charge in [0.2, 0.25) is 0 Å². The molecule has 0 amide bonds. The van der Waals surface area contributed by atoms with Crippen molar-refractivity contribution in [3.05, 3.63) is 11.1 Å². The summed E-state index contributed by atoms with van der Waals surface area (Å²) in [5.41, 5.74) is 3.15. The number of likely N-dealkylation sites (N-methyl/N-ethyl adjacent to an activating group) is 1. The highest BCUT2D eigenvalue weighted by molar-refractivity contribution is 5.15. The predicted octanol–water partition coefficient (Wildman–Crippen LogP) is 1.64. The van der Waals surface area contributed by atoms with Gasteiger partial charge in [-0.2, -0.15) is 0 Å². The number of nitrogens with one attached hydrogen (secondary N) is 1. The van der Waals surface area contributed by atoms with E-state index in [4.69, 9.17) is 0 Å². The zero-order chi connectivity index (χ0) is 9.84. The van der Waals surface area contributed by atoms with Crippen LogP contribution in [0.25, 0.3) is 0 Å². The summed E-state index contributed by atoms with van der Waals surface area (Å²) in [7, 11) is 2.02. The van der Waals surface area contributed by atoms with E-state index in [2.05, 4.69) is 31.0 Å². The molecule has 13 heavy (non-hydrogen) atoms. The zero-order valence-corrected chi connectivity index (χ0v) is 9.35.